The van der Waals surface area contributed by atoms with E-state index in [1.165, 1.54) is 5.56 Å². The van der Waals surface area contributed by atoms with Gasteiger partial charge < -0.3 is 5.11 Å². The fraction of sp³-hybridized carbons (Fsp3) is 0.300. The second-order valence-corrected chi connectivity index (χ2v) is 3.18. The highest BCUT2D eigenvalue weighted by atomic mass is 19.0. The number of amides is 1. The Bertz CT molecular complexity index is 350. The van der Waals surface area contributed by atoms with E-state index in [2.05, 4.69) is 5.32 Å². The molecule has 1 amide bonds. The van der Waals surface area contributed by atoms with Gasteiger partial charge >= 0.3 is 6.09 Å². The predicted octanol–water partition coefficient (Wildman–Crippen LogP) is 2.85. The Morgan fingerprint density at radius 2 is 1.64 bits per heavy atom. The number of nitrogens with one attached hydrogen (secondary N) is 1. The summed E-state index contributed by atoms with van der Waals surface area (Å²) in [6.45, 7) is 5.85. The van der Waals surface area contributed by atoms with E-state index in [1.54, 1.807) is 0 Å². The van der Waals surface area contributed by atoms with Crippen molar-refractivity contribution in [1.82, 2.24) is 0 Å². The fourth-order valence-corrected chi connectivity index (χ4v) is 1.21. The van der Waals surface area contributed by atoms with E-state index in [9.17, 15) is 4.79 Å². The number of aryl methyl sites for hydroxylation is 3. The highest BCUT2D eigenvalue weighted by Gasteiger charge is 2.03. The quantitative estimate of drug-likeness (QED) is 0.730. The summed E-state index contributed by atoms with van der Waals surface area (Å²) in [6.07, 6.45) is -1.02. The lowest BCUT2D eigenvalue weighted by atomic mass is 10.1. The molecule has 0 radical (unpaired) electrons. The van der Waals surface area contributed by atoms with Gasteiger partial charge in [-0.25, -0.2) is 4.79 Å². The average Bonchev–Trinajstić information content (AvgIpc) is 1.99. The van der Waals surface area contributed by atoms with Crippen LogP contribution in [0.3, 0.4) is 0 Å². The molecule has 4 heteroatoms. The van der Waals surface area contributed by atoms with E-state index in [0.29, 0.717) is 5.69 Å². The van der Waals surface area contributed by atoms with Gasteiger partial charge in [0.05, 0.1) is 0 Å². The number of carbonyl (C=O) groups is 1. The SMILES string of the molecule is Cc1cc(C)c(NC(=O)O)cc1C.F. The van der Waals surface area contributed by atoms with Gasteiger partial charge in [-0.3, -0.25) is 10.0 Å². The van der Waals surface area contributed by atoms with Gasteiger partial charge in [0.2, 0.25) is 0 Å². The summed E-state index contributed by atoms with van der Waals surface area (Å²) in [6, 6.07) is 3.82. The highest BCUT2D eigenvalue weighted by Crippen LogP contribution is 2.19. The molecule has 0 aliphatic carbocycles. The molecular weight excluding hydrogens is 185 g/mol. The number of rotatable bonds is 1. The maximum absolute atomic E-state index is 10.4. The third-order valence-corrected chi connectivity index (χ3v) is 2.08. The Morgan fingerprint density at radius 3 is 2.14 bits per heavy atom. The topological polar surface area (TPSA) is 49.3 Å². The lowest BCUT2D eigenvalue weighted by molar-refractivity contribution is 0.209. The third kappa shape index (κ3) is 2.73. The zero-order chi connectivity index (χ0) is 10.0. The van der Waals surface area contributed by atoms with Crippen LogP contribution in [-0.4, -0.2) is 11.2 Å². The molecule has 0 spiro atoms. The molecule has 0 heterocycles. The third-order valence-electron chi connectivity index (χ3n) is 2.08. The Labute approximate surface area is 82.1 Å². The summed E-state index contributed by atoms with van der Waals surface area (Å²) in [5, 5.41) is 10.9. The molecule has 0 fully saturated rings. The summed E-state index contributed by atoms with van der Waals surface area (Å²) in [7, 11) is 0. The smallest absolute Gasteiger partial charge is 0.409 e. The molecule has 3 nitrogen and oxygen atoms in total. The van der Waals surface area contributed by atoms with Crippen molar-refractivity contribution < 1.29 is 14.6 Å². The predicted molar refractivity (Wildman–Crippen MR) is 54.8 cm³/mol. The van der Waals surface area contributed by atoms with E-state index in [1.807, 2.05) is 32.9 Å². The Kier molecular flexibility index (Phi) is 4.08. The van der Waals surface area contributed by atoms with E-state index in [-0.39, 0.29) is 4.70 Å². The molecule has 2 N–H and O–H groups in total. The fourth-order valence-electron chi connectivity index (χ4n) is 1.21. The molecule has 1 rings (SSSR count). The zero-order valence-corrected chi connectivity index (χ0v) is 8.42. The molecule has 0 aliphatic rings. The largest absolute Gasteiger partial charge is 0.465 e. The van der Waals surface area contributed by atoms with Gasteiger partial charge in [0, 0.05) is 5.69 Å². The minimum atomic E-state index is -1.02. The molecule has 14 heavy (non-hydrogen) atoms. The van der Waals surface area contributed by atoms with E-state index in [4.69, 9.17) is 5.11 Å². The highest BCUT2D eigenvalue weighted by molar-refractivity contribution is 5.84. The molecule has 0 aliphatic heterocycles. The van der Waals surface area contributed by atoms with Crippen molar-refractivity contribution in [2.75, 3.05) is 5.32 Å². The lowest BCUT2D eigenvalue weighted by Crippen LogP contribution is -2.08. The number of benzene rings is 1. The first kappa shape index (κ1) is 12.4. The molecular formula is C10H14FNO2. The van der Waals surface area contributed by atoms with Crippen LogP contribution in [0.1, 0.15) is 16.7 Å². The summed E-state index contributed by atoms with van der Waals surface area (Å²) >= 11 is 0. The molecule has 0 saturated heterocycles. The molecule has 0 aromatic heterocycles. The number of anilines is 1. The van der Waals surface area contributed by atoms with Gasteiger partial charge in [0.15, 0.2) is 0 Å². The normalized spacial score (nSPS) is 9.07. The van der Waals surface area contributed by atoms with Crippen LogP contribution in [0.25, 0.3) is 0 Å². The molecule has 78 valence electrons. The van der Waals surface area contributed by atoms with Gasteiger partial charge in [-0.1, -0.05) is 6.07 Å². The van der Waals surface area contributed by atoms with Gasteiger partial charge in [0.25, 0.3) is 0 Å². The Morgan fingerprint density at radius 1 is 1.14 bits per heavy atom. The van der Waals surface area contributed by atoms with Crippen LogP contribution >= 0.6 is 0 Å². The molecule has 0 atom stereocenters. The van der Waals surface area contributed by atoms with E-state index < -0.39 is 6.09 Å². The van der Waals surface area contributed by atoms with E-state index >= 15 is 0 Å². The molecule has 0 saturated carbocycles. The van der Waals surface area contributed by atoms with Crippen molar-refractivity contribution >= 4 is 11.8 Å². The van der Waals surface area contributed by atoms with Crippen molar-refractivity contribution in [3.8, 4) is 0 Å². The average molecular weight is 199 g/mol. The van der Waals surface area contributed by atoms with Gasteiger partial charge in [-0.2, -0.15) is 0 Å². The number of carboxylic acid groups (broad SMARTS) is 1. The van der Waals surface area contributed by atoms with E-state index in [0.717, 1.165) is 11.1 Å². The standard InChI is InChI=1S/C10H13NO2.FH/c1-6-4-8(3)9(5-7(6)2)11-10(12)13;/h4-5,11H,1-3H3,(H,12,13);1H. The maximum atomic E-state index is 10.4. The minimum Gasteiger partial charge on any atom is -0.465 e. The first-order chi connectivity index (χ1) is 6.00. The van der Waals surface area contributed by atoms with Crippen LogP contribution in [0.5, 0.6) is 0 Å². The van der Waals surface area contributed by atoms with Gasteiger partial charge in [-0.05, 0) is 43.5 Å². The monoisotopic (exact) mass is 199 g/mol. The summed E-state index contributed by atoms with van der Waals surface area (Å²) < 4.78 is 0. The van der Waals surface area contributed by atoms with Crippen LogP contribution in [0, 0.1) is 20.8 Å². The first-order valence-electron chi connectivity index (χ1n) is 4.08. The van der Waals surface area contributed by atoms with Crippen molar-refractivity contribution in [1.29, 1.82) is 0 Å². The zero-order valence-electron chi connectivity index (χ0n) is 8.42. The maximum Gasteiger partial charge on any atom is 0.409 e. The van der Waals surface area contributed by atoms with Crippen molar-refractivity contribution in [2.45, 2.75) is 20.8 Å². The van der Waals surface area contributed by atoms with Crippen molar-refractivity contribution in [3.63, 3.8) is 0 Å². The number of halogens is 1. The van der Waals surface area contributed by atoms with Gasteiger partial charge in [0.1, 0.15) is 0 Å². The second kappa shape index (κ2) is 4.60. The number of hydrogen-bond donors (Lipinski definition) is 2. The molecule has 0 unspecified atom stereocenters. The van der Waals surface area contributed by atoms with Crippen LogP contribution in [-0.2, 0) is 0 Å². The van der Waals surface area contributed by atoms with Crippen LogP contribution in [0.15, 0.2) is 12.1 Å². The van der Waals surface area contributed by atoms with Gasteiger partial charge in [-0.15, -0.1) is 0 Å². The molecule has 1 aromatic rings. The van der Waals surface area contributed by atoms with Crippen LogP contribution < -0.4 is 5.32 Å². The first-order valence-corrected chi connectivity index (χ1v) is 4.08. The summed E-state index contributed by atoms with van der Waals surface area (Å²) in [5.74, 6) is 0. The molecule has 0 bridgehead atoms. The Hall–Kier alpha value is -1.58. The summed E-state index contributed by atoms with van der Waals surface area (Å²) in [5.41, 5.74) is 3.88. The molecule has 1 aromatic carbocycles. The minimum absolute atomic E-state index is 0. The van der Waals surface area contributed by atoms with Crippen molar-refractivity contribution in [3.05, 3.63) is 28.8 Å². The Balaban J connectivity index is 0.00000169. The van der Waals surface area contributed by atoms with Crippen LogP contribution in [0.4, 0.5) is 15.2 Å². The van der Waals surface area contributed by atoms with Crippen molar-refractivity contribution in [2.24, 2.45) is 0 Å². The number of hydrogen-bond acceptors (Lipinski definition) is 1. The lowest BCUT2D eigenvalue weighted by Gasteiger charge is -2.08. The van der Waals surface area contributed by atoms with Crippen LogP contribution in [0.2, 0.25) is 0 Å². The second-order valence-electron chi connectivity index (χ2n) is 3.18. The summed E-state index contributed by atoms with van der Waals surface area (Å²) in [4.78, 5) is 10.4.